The highest BCUT2D eigenvalue weighted by Crippen LogP contribution is 2.41. The Labute approximate surface area is 260 Å². The fraction of sp³-hybridized carbons (Fsp3) is 0.265. The van der Waals surface area contributed by atoms with E-state index in [9.17, 15) is 23.1 Å². The number of pyridine rings is 1. The molecule has 3 aromatic carbocycles. The molecule has 6 rings (SSSR count). The number of carboxylic acid groups (broad SMARTS) is 1. The van der Waals surface area contributed by atoms with E-state index in [4.69, 9.17) is 9.47 Å². The molecule has 46 heavy (non-hydrogen) atoms. The average Bonchev–Trinajstić information content (AvgIpc) is 3.54. The lowest BCUT2D eigenvalue weighted by atomic mass is 9.87. The van der Waals surface area contributed by atoms with E-state index in [1.165, 1.54) is 36.4 Å². The predicted octanol–water partition coefficient (Wildman–Crippen LogP) is 7.86. The Bertz CT molecular complexity index is 1940. The number of halogens is 5. The molecule has 2 aromatic heterocycles. The maximum Gasteiger partial charge on any atom is 0.416 e. The van der Waals surface area contributed by atoms with E-state index in [0.29, 0.717) is 35.6 Å². The number of ether oxygens (including phenoxy) is 2. The number of aromatic carboxylic acids is 1. The Morgan fingerprint density at radius 2 is 1.78 bits per heavy atom. The van der Waals surface area contributed by atoms with Crippen molar-refractivity contribution >= 4 is 17.0 Å². The molecule has 1 N–H and O–H groups in total. The molecule has 0 amide bonds. The van der Waals surface area contributed by atoms with Crippen molar-refractivity contribution in [1.82, 2.24) is 14.5 Å². The van der Waals surface area contributed by atoms with Crippen LogP contribution in [0.2, 0.25) is 0 Å². The van der Waals surface area contributed by atoms with E-state index in [1.807, 2.05) is 18.4 Å². The van der Waals surface area contributed by atoms with Gasteiger partial charge in [-0.2, -0.15) is 13.2 Å². The lowest BCUT2D eigenvalue weighted by Gasteiger charge is -2.28. The molecule has 0 aliphatic carbocycles. The van der Waals surface area contributed by atoms with E-state index >= 15 is 8.78 Å². The minimum Gasteiger partial charge on any atom is -0.478 e. The maximum absolute atomic E-state index is 15.6. The van der Waals surface area contributed by atoms with Crippen molar-refractivity contribution in [3.8, 4) is 17.1 Å². The van der Waals surface area contributed by atoms with Gasteiger partial charge in [0.25, 0.3) is 0 Å². The number of carbonyl (C=O) groups is 1. The van der Waals surface area contributed by atoms with Gasteiger partial charge < -0.3 is 19.1 Å². The Balaban J connectivity index is 1.27. The van der Waals surface area contributed by atoms with Gasteiger partial charge in [-0.25, -0.2) is 23.5 Å². The van der Waals surface area contributed by atoms with Crippen LogP contribution in [0.15, 0.2) is 72.8 Å². The molecule has 0 radical (unpaired) electrons. The summed E-state index contributed by atoms with van der Waals surface area (Å²) in [5, 5.41) is 9.57. The maximum atomic E-state index is 15.6. The van der Waals surface area contributed by atoms with Crippen LogP contribution in [0, 0.1) is 17.0 Å². The number of hydrogen-bond donors (Lipinski definition) is 1. The summed E-state index contributed by atoms with van der Waals surface area (Å²) in [5.41, 5.74) is 0.570. The first-order valence-electron chi connectivity index (χ1n) is 14.4. The molecule has 238 valence electrons. The normalized spacial score (nSPS) is 16.2. The summed E-state index contributed by atoms with van der Waals surface area (Å²) in [7, 11) is 0. The third-order valence-corrected chi connectivity index (χ3v) is 8.13. The highest BCUT2D eigenvalue weighted by Gasteiger charge is 2.39. The average molecular weight is 638 g/mol. The predicted molar refractivity (Wildman–Crippen MR) is 159 cm³/mol. The number of hydrogen-bond acceptors (Lipinski definition) is 5. The molecule has 7 nitrogen and oxygen atoms in total. The number of fused-ring (bicyclic) bond motifs is 1. The zero-order valence-corrected chi connectivity index (χ0v) is 24.7. The van der Waals surface area contributed by atoms with Gasteiger partial charge in [-0.3, -0.25) is 0 Å². The second-order valence-corrected chi connectivity index (χ2v) is 11.9. The Morgan fingerprint density at radius 1 is 1.02 bits per heavy atom. The van der Waals surface area contributed by atoms with Crippen molar-refractivity contribution in [2.24, 2.45) is 5.41 Å². The van der Waals surface area contributed by atoms with Crippen LogP contribution in [0.3, 0.4) is 0 Å². The second kappa shape index (κ2) is 11.8. The molecule has 0 saturated carbocycles. The van der Waals surface area contributed by atoms with Gasteiger partial charge >= 0.3 is 12.1 Å². The number of nitrogens with zero attached hydrogens (tertiary/aromatic N) is 3. The van der Waals surface area contributed by atoms with E-state index in [0.717, 1.165) is 24.3 Å². The van der Waals surface area contributed by atoms with E-state index < -0.39 is 29.3 Å². The number of rotatable bonds is 8. The van der Waals surface area contributed by atoms with E-state index in [2.05, 4.69) is 9.97 Å². The molecule has 1 fully saturated rings. The van der Waals surface area contributed by atoms with Crippen molar-refractivity contribution in [3.63, 3.8) is 0 Å². The Kier molecular flexibility index (Phi) is 8.01. The summed E-state index contributed by atoms with van der Waals surface area (Å²) in [4.78, 5) is 20.7. The molecule has 5 aromatic rings. The summed E-state index contributed by atoms with van der Waals surface area (Å²) in [6.45, 7) is 4.77. The molecular weight excluding hydrogens is 609 g/mol. The minimum absolute atomic E-state index is 0.0442. The van der Waals surface area contributed by atoms with Gasteiger partial charge in [0.1, 0.15) is 24.1 Å². The third-order valence-electron chi connectivity index (χ3n) is 8.13. The minimum atomic E-state index is -4.45. The lowest BCUT2D eigenvalue weighted by molar-refractivity contribution is -0.137. The number of imidazole rings is 1. The first-order valence-corrected chi connectivity index (χ1v) is 14.4. The summed E-state index contributed by atoms with van der Waals surface area (Å²) >= 11 is 0. The fourth-order valence-corrected chi connectivity index (χ4v) is 5.61. The summed E-state index contributed by atoms with van der Waals surface area (Å²) < 4.78 is 82.9. The van der Waals surface area contributed by atoms with Crippen LogP contribution in [-0.4, -0.2) is 38.8 Å². The van der Waals surface area contributed by atoms with Crippen molar-refractivity contribution < 1.29 is 41.3 Å². The molecule has 0 bridgehead atoms. The Hall–Kier alpha value is -4.84. The summed E-state index contributed by atoms with van der Waals surface area (Å²) in [5.74, 6) is -2.00. The number of benzene rings is 3. The van der Waals surface area contributed by atoms with Crippen molar-refractivity contribution in [3.05, 3.63) is 113 Å². The van der Waals surface area contributed by atoms with Gasteiger partial charge in [0.15, 0.2) is 0 Å². The quantitative estimate of drug-likeness (QED) is 0.174. The van der Waals surface area contributed by atoms with Crippen LogP contribution < -0.4 is 4.74 Å². The van der Waals surface area contributed by atoms with Crippen LogP contribution >= 0.6 is 0 Å². The zero-order valence-electron chi connectivity index (χ0n) is 24.7. The Morgan fingerprint density at radius 3 is 2.46 bits per heavy atom. The molecule has 1 aliphatic rings. The highest BCUT2D eigenvalue weighted by molar-refractivity contribution is 5.92. The highest BCUT2D eigenvalue weighted by atomic mass is 19.4. The van der Waals surface area contributed by atoms with Gasteiger partial charge in [0.05, 0.1) is 47.1 Å². The van der Waals surface area contributed by atoms with E-state index in [1.54, 1.807) is 12.1 Å². The molecule has 12 heteroatoms. The largest absolute Gasteiger partial charge is 0.478 e. The van der Waals surface area contributed by atoms with Crippen LogP contribution in [0.1, 0.15) is 52.8 Å². The second-order valence-electron chi connectivity index (χ2n) is 11.9. The molecule has 1 aliphatic heterocycles. The first kappa shape index (κ1) is 31.2. The summed E-state index contributed by atoms with van der Waals surface area (Å²) in [6.07, 6.45) is -4.52. The fourth-order valence-electron chi connectivity index (χ4n) is 5.61. The topological polar surface area (TPSA) is 86.5 Å². The lowest BCUT2D eigenvalue weighted by Crippen LogP contribution is -2.27. The van der Waals surface area contributed by atoms with Gasteiger partial charge in [-0.1, -0.05) is 32.0 Å². The van der Waals surface area contributed by atoms with Crippen LogP contribution in [0.25, 0.3) is 22.3 Å². The number of carboxylic acids is 1. The van der Waals surface area contributed by atoms with Crippen molar-refractivity contribution in [1.29, 1.82) is 0 Å². The first-order chi connectivity index (χ1) is 21.8. The monoisotopic (exact) mass is 637 g/mol. The van der Waals surface area contributed by atoms with Gasteiger partial charge in [-0.15, -0.1) is 0 Å². The van der Waals surface area contributed by atoms with Crippen LogP contribution in [0.5, 0.6) is 5.88 Å². The smallest absolute Gasteiger partial charge is 0.416 e. The molecular formula is C34H28F5N3O4. The van der Waals surface area contributed by atoms with Crippen molar-refractivity contribution in [2.75, 3.05) is 13.2 Å². The molecule has 0 spiro atoms. The van der Waals surface area contributed by atoms with E-state index in [-0.39, 0.29) is 52.7 Å². The van der Waals surface area contributed by atoms with Gasteiger partial charge in [0, 0.05) is 23.5 Å². The molecule has 1 atom stereocenters. The van der Waals surface area contributed by atoms with Gasteiger partial charge in [-0.05, 0) is 59.7 Å². The van der Waals surface area contributed by atoms with Gasteiger partial charge in [0.2, 0.25) is 5.88 Å². The summed E-state index contributed by atoms with van der Waals surface area (Å²) in [6, 6.07) is 15.5. The standard InChI is InChI=1S/C34H28F5N3O4/c1-33(2)18-45-17-29(33)42-28-13-20(32(43)44)8-11-27(28)40-30(42)14-21-12-25(36)23(15-24(21)35)26-4-3-5-31(41-26)46-16-19-6-9-22(10-7-19)34(37,38)39/h3-13,15,29H,14,16-18H2,1-2H3,(H,43,44). The van der Waals surface area contributed by atoms with Crippen LogP contribution in [0.4, 0.5) is 22.0 Å². The SMILES string of the molecule is CC1(C)COCC1n1c(Cc2cc(F)c(-c3cccc(OCc4ccc(C(F)(F)F)cc4)n3)cc2F)nc2ccc(C(=O)O)cc21. The van der Waals surface area contributed by atoms with Crippen molar-refractivity contribution in [2.45, 2.75) is 39.1 Å². The van der Waals surface area contributed by atoms with Crippen LogP contribution in [-0.2, 0) is 23.9 Å². The molecule has 1 unspecified atom stereocenters. The number of aromatic nitrogens is 3. The number of alkyl halides is 3. The molecule has 3 heterocycles. The third kappa shape index (κ3) is 6.17. The molecule has 1 saturated heterocycles. The zero-order chi connectivity index (χ0) is 32.8.